The first-order valence-electron chi connectivity index (χ1n) is 10.3. The fourth-order valence-corrected chi connectivity index (χ4v) is 7.75. The van der Waals surface area contributed by atoms with Gasteiger partial charge in [0.25, 0.3) is 0 Å². The lowest BCUT2D eigenvalue weighted by molar-refractivity contribution is -0.0852. The molecule has 3 fully saturated rings. The molecule has 0 amide bonds. The molecule has 0 saturated heterocycles. The van der Waals surface area contributed by atoms with Gasteiger partial charge in [-0.25, -0.2) is 0 Å². The van der Waals surface area contributed by atoms with E-state index in [1.165, 1.54) is 32.1 Å². The summed E-state index contributed by atoms with van der Waals surface area (Å²) in [6, 6.07) is 0. The van der Waals surface area contributed by atoms with Crippen molar-refractivity contribution in [3.8, 4) is 0 Å². The summed E-state index contributed by atoms with van der Waals surface area (Å²) in [5.41, 5.74) is 2.40. The molecule has 0 aromatic rings. The van der Waals surface area contributed by atoms with E-state index in [0.717, 1.165) is 30.1 Å². The first-order chi connectivity index (χ1) is 11.3. The molecule has 2 unspecified atom stereocenters. The molecule has 0 spiro atoms. The minimum Gasteiger partial charge on any atom is -0.393 e. The quantitative estimate of drug-likeness (QED) is 0.621. The van der Waals surface area contributed by atoms with Gasteiger partial charge in [0.2, 0.25) is 0 Å². The van der Waals surface area contributed by atoms with Gasteiger partial charge in [0.15, 0.2) is 0 Å². The SMILES string of the molecule is C=C[C@H]1CC[C@H]2[C@@H]3CC=C4C[C@@H](O)C(C)C(C)[C@]4(C)[C@H]3CC[C@]12C. The molecule has 3 saturated carbocycles. The lowest BCUT2D eigenvalue weighted by atomic mass is 9.44. The topological polar surface area (TPSA) is 20.2 Å². The first kappa shape index (κ1) is 16.9. The molecule has 0 radical (unpaired) electrons. The van der Waals surface area contributed by atoms with E-state index in [-0.39, 0.29) is 6.10 Å². The summed E-state index contributed by atoms with van der Waals surface area (Å²) in [6.07, 6.45) is 12.4. The van der Waals surface area contributed by atoms with Gasteiger partial charge < -0.3 is 5.11 Å². The Kier molecular flexibility index (Phi) is 3.85. The van der Waals surface area contributed by atoms with Crippen LogP contribution in [0, 0.1) is 46.3 Å². The number of allylic oxidation sites excluding steroid dienone is 2. The smallest absolute Gasteiger partial charge is 0.0605 e. The first-order valence-corrected chi connectivity index (χ1v) is 10.3. The molecule has 134 valence electrons. The minimum atomic E-state index is -0.138. The monoisotopic (exact) mass is 328 g/mol. The van der Waals surface area contributed by atoms with Crippen LogP contribution in [0.25, 0.3) is 0 Å². The number of hydrogen-bond donors (Lipinski definition) is 1. The Hall–Kier alpha value is -0.560. The van der Waals surface area contributed by atoms with Crippen molar-refractivity contribution in [3.63, 3.8) is 0 Å². The molecule has 1 heteroatoms. The Morgan fingerprint density at radius 2 is 1.92 bits per heavy atom. The molecule has 24 heavy (non-hydrogen) atoms. The zero-order chi connectivity index (χ0) is 17.3. The fraction of sp³-hybridized carbons (Fsp3) is 0.826. The van der Waals surface area contributed by atoms with Crippen molar-refractivity contribution in [2.24, 2.45) is 46.3 Å². The summed E-state index contributed by atoms with van der Waals surface area (Å²) in [5.74, 6) is 4.29. The summed E-state index contributed by atoms with van der Waals surface area (Å²) in [4.78, 5) is 0. The number of rotatable bonds is 1. The van der Waals surface area contributed by atoms with Gasteiger partial charge in [-0.15, -0.1) is 6.58 Å². The van der Waals surface area contributed by atoms with Crippen LogP contribution in [0.2, 0.25) is 0 Å². The van der Waals surface area contributed by atoms with Crippen LogP contribution in [0.15, 0.2) is 24.3 Å². The van der Waals surface area contributed by atoms with Crippen molar-refractivity contribution in [3.05, 3.63) is 24.3 Å². The Bertz CT molecular complexity index is 562. The van der Waals surface area contributed by atoms with Crippen molar-refractivity contribution in [1.29, 1.82) is 0 Å². The van der Waals surface area contributed by atoms with E-state index in [2.05, 4.69) is 46.4 Å². The normalized spacial score (nSPS) is 56.7. The molecule has 1 nitrogen and oxygen atoms in total. The maximum atomic E-state index is 10.5. The molecule has 0 aromatic carbocycles. The number of hydrogen-bond acceptors (Lipinski definition) is 1. The lowest BCUT2D eigenvalue weighted by Crippen LogP contribution is -2.55. The zero-order valence-corrected chi connectivity index (χ0v) is 16.1. The average molecular weight is 329 g/mol. The molecule has 9 atom stereocenters. The van der Waals surface area contributed by atoms with Crippen molar-refractivity contribution in [2.75, 3.05) is 0 Å². The number of aliphatic hydroxyl groups excluding tert-OH is 1. The van der Waals surface area contributed by atoms with Crippen molar-refractivity contribution in [1.82, 2.24) is 0 Å². The third-order valence-electron chi connectivity index (χ3n) is 9.66. The van der Waals surface area contributed by atoms with Gasteiger partial charge in [0, 0.05) is 0 Å². The van der Waals surface area contributed by atoms with E-state index in [1.807, 2.05) is 0 Å². The maximum Gasteiger partial charge on any atom is 0.0605 e. The largest absolute Gasteiger partial charge is 0.393 e. The second-order valence-corrected chi connectivity index (χ2v) is 10.0. The van der Waals surface area contributed by atoms with Gasteiger partial charge in [-0.1, -0.05) is 45.4 Å². The predicted octanol–water partition coefficient (Wildman–Crippen LogP) is 5.60. The molecule has 0 bridgehead atoms. The van der Waals surface area contributed by atoms with Gasteiger partial charge in [-0.2, -0.15) is 0 Å². The second-order valence-electron chi connectivity index (χ2n) is 10.0. The Morgan fingerprint density at radius 3 is 2.62 bits per heavy atom. The van der Waals surface area contributed by atoms with E-state index in [0.29, 0.717) is 22.7 Å². The number of fused-ring (bicyclic) bond motifs is 5. The summed E-state index contributed by atoms with van der Waals surface area (Å²) in [5, 5.41) is 10.5. The summed E-state index contributed by atoms with van der Waals surface area (Å²) < 4.78 is 0. The van der Waals surface area contributed by atoms with E-state index in [1.54, 1.807) is 5.57 Å². The third-order valence-corrected chi connectivity index (χ3v) is 9.66. The molecular weight excluding hydrogens is 292 g/mol. The van der Waals surface area contributed by atoms with Crippen LogP contribution < -0.4 is 0 Å². The van der Waals surface area contributed by atoms with Crippen LogP contribution in [0.3, 0.4) is 0 Å². The molecule has 0 aliphatic heterocycles. The van der Waals surface area contributed by atoms with Crippen LogP contribution >= 0.6 is 0 Å². The van der Waals surface area contributed by atoms with E-state index >= 15 is 0 Å². The molecule has 4 aliphatic carbocycles. The lowest BCUT2D eigenvalue weighted by Gasteiger charge is -2.61. The van der Waals surface area contributed by atoms with Gasteiger partial charge in [-0.3, -0.25) is 0 Å². The summed E-state index contributed by atoms with van der Waals surface area (Å²) in [7, 11) is 0. The molecule has 1 N–H and O–H groups in total. The summed E-state index contributed by atoms with van der Waals surface area (Å²) in [6.45, 7) is 14.0. The van der Waals surface area contributed by atoms with E-state index in [9.17, 15) is 5.11 Å². The van der Waals surface area contributed by atoms with E-state index < -0.39 is 0 Å². The molecule has 4 rings (SSSR count). The highest BCUT2D eigenvalue weighted by Crippen LogP contribution is 2.67. The predicted molar refractivity (Wildman–Crippen MR) is 100 cm³/mol. The molecule has 0 aromatic heterocycles. The standard InChI is InChI=1S/C23H36O/c1-6-16-8-10-19-18-9-7-17-13-21(24)14(2)15(3)23(17,5)20(18)11-12-22(16,19)4/h6-7,14-16,18-21,24H,1,8-13H2,2-5H3/t14?,15?,16-,18-,19-,20-,21+,22+,23-/m0/s1. The molecular formula is C23H36O. The van der Waals surface area contributed by atoms with Gasteiger partial charge >= 0.3 is 0 Å². The average Bonchev–Trinajstić information content (AvgIpc) is 2.91. The van der Waals surface area contributed by atoms with Crippen LogP contribution in [0.5, 0.6) is 0 Å². The minimum absolute atomic E-state index is 0.138. The van der Waals surface area contributed by atoms with Gasteiger partial charge in [-0.05, 0) is 84.9 Å². The van der Waals surface area contributed by atoms with E-state index in [4.69, 9.17) is 0 Å². The molecule has 4 aliphatic rings. The Balaban J connectivity index is 1.71. The van der Waals surface area contributed by atoms with Gasteiger partial charge in [0.1, 0.15) is 0 Å². The van der Waals surface area contributed by atoms with Crippen LogP contribution in [-0.2, 0) is 0 Å². The maximum absolute atomic E-state index is 10.5. The van der Waals surface area contributed by atoms with Crippen molar-refractivity contribution >= 4 is 0 Å². The highest BCUT2D eigenvalue weighted by Gasteiger charge is 2.60. The number of aliphatic hydroxyl groups is 1. The highest BCUT2D eigenvalue weighted by molar-refractivity contribution is 5.27. The van der Waals surface area contributed by atoms with Crippen molar-refractivity contribution < 1.29 is 5.11 Å². The van der Waals surface area contributed by atoms with Crippen LogP contribution in [-0.4, -0.2) is 11.2 Å². The van der Waals surface area contributed by atoms with Crippen molar-refractivity contribution in [2.45, 2.75) is 72.3 Å². The fourth-order valence-electron chi connectivity index (χ4n) is 7.75. The third kappa shape index (κ3) is 1.97. The van der Waals surface area contributed by atoms with Crippen LogP contribution in [0.4, 0.5) is 0 Å². The Morgan fingerprint density at radius 1 is 1.17 bits per heavy atom. The van der Waals surface area contributed by atoms with Gasteiger partial charge in [0.05, 0.1) is 6.10 Å². The highest BCUT2D eigenvalue weighted by atomic mass is 16.3. The zero-order valence-electron chi connectivity index (χ0n) is 16.1. The molecule has 0 heterocycles. The second kappa shape index (κ2) is 5.47. The van der Waals surface area contributed by atoms with Crippen LogP contribution in [0.1, 0.15) is 66.2 Å². The summed E-state index contributed by atoms with van der Waals surface area (Å²) >= 11 is 0. The Labute approximate surface area is 148 Å².